The normalized spacial score (nSPS) is 13.4. The first-order valence-electron chi connectivity index (χ1n) is 11.9. The van der Waals surface area contributed by atoms with Crippen molar-refractivity contribution in [2.45, 2.75) is 32.2 Å². The Labute approximate surface area is 205 Å². The average Bonchev–Trinajstić information content (AvgIpc) is 3.40. The predicted molar refractivity (Wildman–Crippen MR) is 131 cm³/mol. The second-order valence-corrected chi connectivity index (χ2v) is 8.62. The Morgan fingerprint density at radius 3 is 2.46 bits per heavy atom. The van der Waals surface area contributed by atoms with Crippen LogP contribution in [-0.4, -0.2) is 65.7 Å². The van der Waals surface area contributed by atoms with Gasteiger partial charge >= 0.3 is 6.03 Å². The Balaban J connectivity index is 1.25. The number of methoxy groups -OCH3 is 1. The van der Waals surface area contributed by atoms with Gasteiger partial charge in [-0.3, -0.25) is 4.79 Å². The lowest BCUT2D eigenvalue weighted by molar-refractivity contribution is 0.0724. The number of carbonyl (C=O) groups is 2. The van der Waals surface area contributed by atoms with Gasteiger partial charge in [-0.1, -0.05) is 17.3 Å². The van der Waals surface area contributed by atoms with Crippen LogP contribution in [0.15, 0.2) is 53.1 Å². The number of amides is 3. The van der Waals surface area contributed by atoms with Crippen LogP contribution >= 0.6 is 0 Å². The van der Waals surface area contributed by atoms with Crippen LogP contribution in [0.4, 0.5) is 4.79 Å². The lowest BCUT2D eigenvalue weighted by atomic mass is 10.1. The van der Waals surface area contributed by atoms with Gasteiger partial charge < -0.3 is 24.4 Å². The van der Waals surface area contributed by atoms with Crippen LogP contribution < -0.4 is 10.1 Å². The number of carbonyl (C=O) groups excluding carboxylic acids is 2. The van der Waals surface area contributed by atoms with Gasteiger partial charge in [0.1, 0.15) is 5.75 Å². The largest absolute Gasteiger partial charge is 0.497 e. The third-order valence-corrected chi connectivity index (χ3v) is 6.11. The Morgan fingerprint density at radius 2 is 1.77 bits per heavy atom. The molecule has 0 atom stereocenters. The molecule has 2 heterocycles. The van der Waals surface area contributed by atoms with Crippen LogP contribution in [0.5, 0.6) is 5.75 Å². The summed E-state index contributed by atoms with van der Waals surface area (Å²) in [6, 6.07) is 14.6. The highest BCUT2D eigenvalue weighted by Gasteiger charge is 2.19. The van der Waals surface area contributed by atoms with E-state index in [1.807, 2.05) is 41.3 Å². The van der Waals surface area contributed by atoms with Gasteiger partial charge in [-0.05, 0) is 61.2 Å². The van der Waals surface area contributed by atoms with Gasteiger partial charge in [0.2, 0.25) is 0 Å². The van der Waals surface area contributed by atoms with Gasteiger partial charge in [0.05, 0.1) is 7.11 Å². The van der Waals surface area contributed by atoms with Crippen molar-refractivity contribution in [2.75, 3.05) is 33.8 Å². The number of nitrogens with zero attached hydrogens (tertiary/aromatic N) is 4. The van der Waals surface area contributed by atoms with E-state index in [0.717, 1.165) is 42.8 Å². The molecule has 184 valence electrons. The molecule has 9 heteroatoms. The number of urea groups is 1. The number of hydrogen-bond acceptors (Lipinski definition) is 6. The monoisotopic (exact) mass is 477 g/mol. The van der Waals surface area contributed by atoms with Gasteiger partial charge in [-0.2, -0.15) is 4.98 Å². The lowest BCUT2D eigenvalue weighted by Gasteiger charge is -2.26. The topological polar surface area (TPSA) is 101 Å². The molecule has 9 nitrogen and oxygen atoms in total. The van der Waals surface area contributed by atoms with Crippen molar-refractivity contribution in [1.82, 2.24) is 25.3 Å². The van der Waals surface area contributed by atoms with E-state index in [1.165, 1.54) is 6.42 Å². The molecule has 1 aromatic heterocycles. The maximum absolute atomic E-state index is 12.6. The molecule has 0 radical (unpaired) electrons. The first kappa shape index (κ1) is 24.3. The summed E-state index contributed by atoms with van der Waals surface area (Å²) in [7, 11) is 3.34. The minimum Gasteiger partial charge on any atom is -0.497 e. The fourth-order valence-corrected chi connectivity index (χ4v) is 3.93. The highest BCUT2D eigenvalue weighted by Crippen LogP contribution is 2.20. The van der Waals surface area contributed by atoms with E-state index in [1.54, 1.807) is 31.2 Å². The number of rotatable bonds is 8. The number of hydrogen-bond donors (Lipinski definition) is 1. The summed E-state index contributed by atoms with van der Waals surface area (Å²) in [5.74, 6) is 1.75. The summed E-state index contributed by atoms with van der Waals surface area (Å²) in [6.45, 7) is 2.51. The van der Waals surface area contributed by atoms with E-state index >= 15 is 0 Å². The van der Waals surface area contributed by atoms with Crippen molar-refractivity contribution in [3.05, 3.63) is 65.5 Å². The number of aromatic nitrogens is 2. The molecule has 0 bridgehead atoms. The standard InChI is InChI=1S/C26H31N5O4/c1-30(26(33)27-18-19-6-12-22(34-2)13-7-19)17-14-23-28-24(35-29-23)20-8-10-21(11-9-20)25(32)31-15-4-3-5-16-31/h6-13H,3-5,14-18H2,1-2H3,(H,27,33). The highest BCUT2D eigenvalue weighted by atomic mass is 16.5. The van der Waals surface area contributed by atoms with Gasteiger partial charge in [-0.15, -0.1) is 0 Å². The number of piperidine rings is 1. The molecular weight excluding hydrogens is 446 g/mol. The third kappa shape index (κ3) is 6.38. The quantitative estimate of drug-likeness (QED) is 0.530. The molecule has 1 aliphatic rings. The molecule has 2 aromatic carbocycles. The van der Waals surface area contributed by atoms with Crippen LogP contribution in [0.25, 0.3) is 11.5 Å². The zero-order valence-corrected chi connectivity index (χ0v) is 20.2. The second kappa shape index (κ2) is 11.5. The summed E-state index contributed by atoms with van der Waals surface area (Å²) in [6.07, 6.45) is 3.77. The van der Waals surface area contributed by atoms with Crippen molar-refractivity contribution < 1.29 is 18.8 Å². The van der Waals surface area contributed by atoms with Crippen LogP contribution in [0.1, 0.15) is 41.0 Å². The SMILES string of the molecule is COc1ccc(CNC(=O)N(C)CCc2noc(-c3ccc(C(=O)N4CCCCC4)cc3)n2)cc1. The first-order valence-corrected chi connectivity index (χ1v) is 11.9. The van der Waals surface area contributed by atoms with Gasteiger partial charge in [0, 0.05) is 50.8 Å². The maximum atomic E-state index is 12.6. The predicted octanol–water partition coefficient (Wildman–Crippen LogP) is 3.76. The molecule has 0 aliphatic carbocycles. The van der Waals surface area contributed by atoms with Gasteiger partial charge in [0.25, 0.3) is 11.8 Å². The fraction of sp³-hybridized carbons (Fsp3) is 0.385. The molecule has 1 aliphatic heterocycles. The van der Waals surface area contributed by atoms with Crippen LogP contribution in [0.2, 0.25) is 0 Å². The number of nitrogens with one attached hydrogen (secondary N) is 1. The Kier molecular flexibility index (Phi) is 7.97. The highest BCUT2D eigenvalue weighted by molar-refractivity contribution is 5.94. The molecule has 0 spiro atoms. The fourth-order valence-electron chi connectivity index (χ4n) is 3.93. The smallest absolute Gasteiger partial charge is 0.317 e. The van der Waals surface area contributed by atoms with E-state index in [-0.39, 0.29) is 11.9 Å². The van der Waals surface area contributed by atoms with E-state index in [9.17, 15) is 9.59 Å². The molecule has 3 aromatic rings. The van der Waals surface area contributed by atoms with E-state index in [2.05, 4.69) is 15.5 Å². The van der Waals surface area contributed by atoms with E-state index in [4.69, 9.17) is 9.26 Å². The Morgan fingerprint density at radius 1 is 1.06 bits per heavy atom. The van der Waals surface area contributed by atoms with Crippen molar-refractivity contribution in [3.63, 3.8) is 0 Å². The molecule has 1 N–H and O–H groups in total. The van der Waals surface area contributed by atoms with E-state index in [0.29, 0.717) is 36.8 Å². The van der Waals surface area contributed by atoms with Crippen LogP contribution in [-0.2, 0) is 13.0 Å². The first-order chi connectivity index (χ1) is 17.0. The zero-order chi connectivity index (χ0) is 24.6. The van der Waals surface area contributed by atoms with Crippen molar-refractivity contribution in [2.24, 2.45) is 0 Å². The summed E-state index contributed by atoms with van der Waals surface area (Å²) in [5, 5.41) is 6.93. The maximum Gasteiger partial charge on any atom is 0.317 e. The molecule has 4 rings (SSSR count). The molecule has 3 amide bonds. The third-order valence-electron chi connectivity index (χ3n) is 6.11. The molecule has 0 saturated carbocycles. The summed E-state index contributed by atoms with van der Waals surface area (Å²) >= 11 is 0. The van der Waals surface area contributed by atoms with E-state index < -0.39 is 0 Å². The molecule has 0 unspecified atom stereocenters. The molecule has 35 heavy (non-hydrogen) atoms. The Bertz CT molecular complexity index is 1120. The summed E-state index contributed by atoms with van der Waals surface area (Å²) in [4.78, 5) is 33.0. The Hall–Kier alpha value is -3.88. The summed E-state index contributed by atoms with van der Waals surface area (Å²) < 4.78 is 10.5. The second-order valence-electron chi connectivity index (χ2n) is 8.62. The van der Waals surface area contributed by atoms with Crippen molar-refractivity contribution >= 4 is 11.9 Å². The molecular formula is C26H31N5O4. The van der Waals surface area contributed by atoms with Crippen LogP contribution in [0, 0.1) is 0 Å². The zero-order valence-electron chi connectivity index (χ0n) is 20.2. The number of ether oxygens (including phenoxy) is 1. The minimum absolute atomic E-state index is 0.0655. The molecule has 1 fully saturated rings. The lowest BCUT2D eigenvalue weighted by Crippen LogP contribution is -2.38. The minimum atomic E-state index is -0.182. The number of likely N-dealkylation sites (N-methyl/N-ethyl adjacent to an activating group) is 1. The summed E-state index contributed by atoms with van der Waals surface area (Å²) in [5.41, 5.74) is 2.40. The number of likely N-dealkylation sites (tertiary alicyclic amines) is 1. The molecule has 1 saturated heterocycles. The van der Waals surface area contributed by atoms with Crippen LogP contribution in [0.3, 0.4) is 0 Å². The van der Waals surface area contributed by atoms with Crippen molar-refractivity contribution in [3.8, 4) is 17.2 Å². The number of benzene rings is 2. The average molecular weight is 478 g/mol. The van der Waals surface area contributed by atoms with Crippen molar-refractivity contribution in [1.29, 1.82) is 0 Å². The van der Waals surface area contributed by atoms with Gasteiger partial charge in [0.15, 0.2) is 5.82 Å². The van der Waals surface area contributed by atoms with Gasteiger partial charge in [-0.25, -0.2) is 4.79 Å².